The Kier molecular flexibility index (Phi) is 4.15. The van der Waals surface area contributed by atoms with Gasteiger partial charge in [-0.25, -0.2) is 0 Å². The summed E-state index contributed by atoms with van der Waals surface area (Å²) in [6.07, 6.45) is 3.46. The zero-order valence-corrected chi connectivity index (χ0v) is 10.4. The number of hydrogen-bond acceptors (Lipinski definition) is 1. The summed E-state index contributed by atoms with van der Waals surface area (Å²) in [5, 5.41) is 3.25. The molecule has 0 aliphatic carbocycles. The lowest BCUT2D eigenvalue weighted by Gasteiger charge is -2.00. The maximum Gasteiger partial charge on any atom is 0.255 e. The monoisotopic (exact) mass is 257 g/mol. The minimum Gasteiger partial charge on any atom is -0.329 e. The Labute approximate surface area is 111 Å². The van der Waals surface area contributed by atoms with Crippen LogP contribution in [0.2, 0.25) is 5.02 Å². The molecule has 2 aromatic rings. The summed E-state index contributed by atoms with van der Waals surface area (Å²) >= 11 is 5.82. The van der Waals surface area contributed by atoms with Crippen molar-refractivity contribution in [3.05, 3.63) is 76.9 Å². The summed E-state index contributed by atoms with van der Waals surface area (Å²) in [6.45, 7) is 0. The molecule has 0 bridgehead atoms. The van der Waals surface area contributed by atoms with Gasteiger partial charge in [0.25, 0.3) is 5.91 Å². The number of carbonyl (C=O) groups is 1. The van der Waals surface area contributed by atoms with Crippen molar-refractivity contribution in [3.8, 4) is 0 Å². The van der Waals surface area contributed by atoms with E-state index in [4.69, 9.17) is 11.6 Å². The SMILES string of the molecule is O=C(N/C=C/c1ccccc1)c1cccc(Cl)c1. The van der Waals surface area contributed by atoms with Gasteiger partial charge < -0.3 is 5.32 Å². The van der Waals surface area contributed by atoms with E-state index in [1.54, 1.807) is 30.5 Å². The smallest absolute Gasteiger partial charge is 0.255 e. The van der Waals surface area contributed by atoms with Gasteiger partial charge in [-0.2, -0.15) is 0 Å². The Morgan fingerprint density at radius 2 is 1.83 bits per heavy atom. The first kappa shape index (κ1) is 12.4. The Balaban J connectivity index is 1.99. The van der Waals surface area contributed by atoms with Crippen LogP contribution in [0.3, 0.4) is 0 Å². The van der Waals surface area contributed by atoms with Crippen LogP contribution < -0.4 is 5.32 Å². The number of amides is 1. The molecule has 0 atom stereocenters. The molecule has 0 aromatic heterocycles. The van der Waals surface area contributed by atoms with Crippen molar-refractivity contribution in [3.63, 3.8) is 0 Å². The van der Waals surface area contributed by atoms with Gasteiger partial charge in [-0.3, -0.25) is 4.79 Å². The van der Waals surface area contributed by atoms with E-state index < -0.39 is 0 Å². The highest BCUT2D eigenvalue weighted by atomic mass is 35.5. The lowest BCUT2D eigenvalue weighted by atomic mass is 10.2. The molecule has 90 valence electrons. The Morgan fingerprint density at radius 3 is 2.56 bits per heavy atom. The fourth-order valence-electron chi connectivity index (χ4n) is 1.49. The van der Waals surface area contributed by atoms with Crippen molar-refractivity contribution >= 4 is 23.6 Å². The van der Waals surface area contributed by atoms with Crippen LogP contribution in [0.25, 0.3) is 6.08 Å². The van der Waals surface area contributed by atoms with Gasteiger partial charge in [-0.05, 0) is 29.8 Å². The zero-order valence-electron chi connectivity index (χ0n) is 9.64. The summed E-state index contributed by atoms with van der Waals surface area (Å²) in [6, 6.07) is 16.6. The fourth-order valence-corrected chi connectivity index (χ4v) is 1.68. The van der Waals surface area contributed by atoms with E-state index in [2.05, 4.69) is 5.32 Å². The van der Waals surface area contributed by atoms with Crippen molar-refractivity contribution in [2.75, 3.05) is 0 Å². The highest BCUT2D eigenvalue weighted by Crippen LogP contribution is 2.10. The molecule has 0 aliphatic rings. The average molecular weight is 258 g/mol. The molecular weight excluding hydrogens is 246 g/mol. The minimum absolute atomic E-state index is 0.176. The molecule has 1 amide bonds. The van der Waals surface area contributed by atoms with Crippen molar-refractivity contribution in [1.82, 2.24) is 5.32 Å². The van der Waals surface area contributed by atoms with Gasteiger partial charge >= 0.3 is 0 Å². The van der Waals surface area contributed by atoms with Gasteiger partial charge in [-0.15, -0.1) is 0 Å². The fraction of sp³-hybridized carbons (Fsp3) is 0. The van der Waals surface area contributed by atoms with E-state index in [9.17, 15) is 4.79 Å². The topological polar surface area (TPSA) is 29.1 Å². The molecule has 1 N–H and O–H groups in total. The normalized spacial score (nSPS) is 10.5. The first-order valence-electron chi connectivity index (χ1n) is 5.54. The lowest BCUT2D eigenvalue weighted by molar-refractivity contribution is 0.0970. The van der Waals surface area contributed by atoms with Gasteiger partial charge in [0, 0.05) is 16.8 Å². The molecule has 0 fully saturated rings. The maximum atomic E-state index is 11.8. The van der Waals surface area contributed by atoms with Gasteiger partial charge in [0.1, 0.15) is 0 Å². The van der Waals surface area contributed by atoms with Crippen molar-refractivity contribution in [2.45, 2.75) is 0 Å². The van der Waals surface area contributed by atoms with Crippen LogP contribution >= 0.6 is 11.6 Å². The molecule has 3 heteroatoms. The largest absolute Gasteiger partial charge is 0.329 e. The van der Waals surface area contributed by atoms with Gasteiger partial charge in [-0.1, -0.05) is 48.0 Å². The molecule has 18 heavy (non-hydrogen) atoms. The number of hydrogen-bond donors (Lipinski definition) is 1. The van der Waals surface area contributed by atoms with E-state index in [0.717, 1.165) is 5.56 Å². The van der Waals surface area contributed by atoms with Gasteiger partial charge in [0.15, 0.2) is 0 Å². The predicted molar refractivity (Wildman–Crippen MR) is 74.4 cm³/mol. The average Bonchev–Trinajstić information content (AvgIpc) is 2.40. The molecule has 0 saturated heterocycles. The molecule has 0 aliphatic heterocycles. The minimum atomic E-state index is -0.176. The number of halogens is 1. The highest BCUT2D eigenvalue weighted by molar-refractivity contribution is 6.30. The molecule has 0 spiro atoms. The maximum absolute atomic E-state index is 11.8. The van der Waals surface area contributed by atoms with E-state index in [1.165, 1.54) is 0 Å². The number of nitrogens with one attached hydrogen (secondary N) is 1. The Hall–Kier alpha value is -2.06. The predicted octanol–water partition coefficient (Wildman–Crippen LogP) is 3.74. The summed E-state index contributed by atoms with van der Waals surface area (Å²) < 4.78 is 0. The molecule has 2 rings (SSSR count). The molecule has 2 aromatic carbocycles. The molecule has 0 unspecified atom stereocenters. The van der Waals surface area contributed by atoms with E-state index in [1.807, 2.05) is 36.4 Å². The summed E-state index contributed by atoms with van der Waals surface area (Å²) in [7, 11) is 0. The van der Waals surface area contributed by atoms with Crippen LogP contribution in [0, 0.1) is 0 Å². The second-order valence-corrected chi connectivity index (χ2v) is 4.16. The van der Waals surface area contributed by atoms with Crippen LogP contribution in [-0.4, -0.2) is 5.91 Å². The third-order valence-electron chi connectivity index (χ3n) is 2.38. The van der Waals surface area contributed by atoms with Crippen molar-refractivity contribution in [2.24, 2.45) is 0 Å². The highest BCUT2D eigenvalue weighted by Gasteiger charge is 2.02. The third-order valence-corrected chi connectivity index (χ3v) is 2.61. The third kappa shape index (κ3) is 3.47. The molecule has 0 radical (unpaired) electrons. The molecule has 0 heterocycles. The second kappa shape index (κ2) is 6.03. The molecule has 0 saturated carbocycles. The lowest BCUT2D eigenvalue weighted by Crippen LogP contribution is -2.16. The first-order chi connectivity index (χ1) is 8.75. The van der Waals surface area contributed by atoms with Crippen LogP contribution in [0.4, 0.5) is 0 Å². The first-order valence-corrected chi connectivity index (χ1v) is 5.91. The Bertz CT molecular complexity index is 564. The van der Waals surface area contributed by atoms with Crippen molar-refractivity contribution in [1.29, 1.82) is 0 Å². The molecular formula is C15H12ClNO. The number of rotatable bonds is 3. The van der Waals surface area contributed by atoms with E-state index >= 15 is 0 Å². The van der Waals surface area contributed by atoms with Gasteiger partial charge in [0.2, 0.25) is 0 Å². The zero-order chi connectivity index (χ0) is 12.8. The second-order valence-electron chi connectivity index (χ2n) is 3.73. The van der Waals surface area contributed by atoms with Crippen LogP contribution in [0.15, 0.2) is 60.8 Å². The van der Waals surface area contributed by atoms with Crippen LogP contribution in [0.5, 0.6) is 0 Å². The van der Waals surface area contributed by atoms with Crippen LogP contribution in [-0.2, 0) is 0 Å². The summed E-state index contributed by atoms with van der Waals surface area (Å²) in [4.78, 5) is 11.8. The number of benzene rings is 2. The number of carbonyl (C=O) groups excluding carboxylic acids is 1. The van der Waals surface area contributed by atoms with Crippen LogP contribution in [0.1, 0.15) is 15.9 Å². The van der Waals surface area contributed by atoms with Crippen molar-refractivity contribution < 1.29 is 4.79 Å². The quantitative estimate of drug-likeness (QED) is 0.892. The standard InChI is InChI=1S/C15H12ClNO/c16-14-8-4-7-13(11-14)15(18)17-10-9-12-5-2-1-3-6-12/h1-11H,(H,17,18)/b10-9+. The summed E-state index contributed by atoms with van der Waals surface area (Å²) in [5.41, 5.74) is 1.57. The molecule has 2 nitrogen and oxygen atoms in total. The van der Waals surface area contributed by atoms with Gasteiger partial charge in [0.05, 0.1) is 0 Å². The van der Waals surface area contributed by atoms with E-state index in [-0.39, 0.29) is 5.91 Å². The Morgan fingerprint density at radius 1 is 1.06 bits per heavy atom. The van der Waals surface area contributed by atoms with E-state index in [0.29, 0.717) is 10.6 Å². The summed E-state index contributed by atoms with van der Waals surface area (Å²) in [5.74, 6) is -0.176.